The molecule has 4 rings (SSSR count). The van der Waals surface area contributed by atoms with Crippen molar-refractivity contribution in [2.24, 2.45) is 5.10 Å². The fourth-order valence-electron chi connectivity index (χ4n) is 3.81. The third-order valence-corrected chi connectivity index (χ3v) is 8.88. The van der Waals surface area contributed by atoms with Crippen LogP contribution < -0.4 is 4.72 Å². The molecule has 1 N–H and O–H groups in total. The maximum absolute atomic E-state index is 13.6. The third kappa shape index (κ3) is 4.96. The monoisotopic (exact) mass is 517 g/mol. The standard InChI is InChI=1S/C24H24ClN3O4S2/c1-3-33(29,30)27-20-9-6-8-18(15-20)23-16-24(22-10-5-4-7-17(22)2)28(26-23)34(31,32)21-13-11-19(25)12-14-21/h4-15,24,27H,3,16H2,1-2H3/t24-/m1/s1. The van der Waals surface area contributed by atoms with Gasteiger partial charge in [0.1, 0.15) is 0 Å². The minimum Gasteiger partial charge on any atom is -0.284 e. The highest BCUT2D eigenvalue weighted by molar-refractivity contribution is 7.92. The number of nitrogens with zero attached hydrogens (tertiary/aromatic N) is 2. The number of rotatable bonds is 7. The zero-order chi connectivity index (χ0) is 24.5. The predicted molar refractivity (Wildman–Crippen MR) is 135 cm³/mol. The fraction of sp³-hybridized carbons (Fsp3) is 0.208. The molecule has 1 aliphatic heterocycles. The van der Waals surface area contributed by atoms with Crippen LogP contribution in [-0.4, -0.2) is 32.7 Å². The molecule has 0 saturated carbocycles. The Balaban J connectivity index is 1.78. The van der Waals surface area contributed by atoms with Crippen molar-refractivity contribution in [2.45, 2.75) is 31.2 Å². The molecule has 1 atom stereocenters. The number of nitrogens with one attached hydrogen (secondary N) is 1. The van der Waals surface area contributed by atoms with E-state index in [0.717, 1.165) is 15.5 Å². The van der Waals surface area contributed by atoms with Crippen LogP contribution >= 0.6 is 11.6 Å². The molecule has 10 heteroatoms. The summed E-state index contributed by atoms with van der Waals surface area (Å²) in [6.07, 6.45) is 0.335. The molecule has 34 heavy (non-hydrogen) atoms. The van der Waals surface area contributed by atoms with Crippen molar-refractivity contribution < 1.29 is 16.8 Å². The lowest BCUT2D eigenvalue weighted by atomic mass is 9.96. The van der Waals surface area contributed by atoms with Gasteiger partial charge in [-0.15, -0.1) is 0 Å². The van der Waals surface area contributed by atoms with Crippen LogP contribution in [0.4, 0.5) is 5.69 Å². The molecule has 3 aromatic carbocycles. The predicted octanol–water partition coefficient (Wildman–Crippen LogP) is 4.95. The Morgan fingerprint density at radius 1 is 1.00 bits per heavy atom. The molecular weight excluding hydrogens is 494 g/mol. The molecule has 7 nitrogen and oxygen atoms in total. The van der Waals surface area contributed by atoms with Crippen LogP contribution in [0.3, 0.4) is 0 Å². The number of aryl methyl sites for hydroxylation is 1. The van der Waals surface area contributed by atoms with Gasteiger partial charge in [0.2, 0.25) is 10.0 Å². The number of hydrazone groups is 1. The highest BCUT2D eigenvalue weighted by Gasteiger charge is 2.38. The number of hydrogen-bond donors (Lipinski definition) is 1. The SMILES string of the molecule is CCS(=O)(=O)Nc1cccc(C2=NN(S(=O)(=O)c3ccc(Cl)cc3)[C@@H](c3ccccc3C)C2)c1. The van der Waals surface area contributed by atoms with Crippen molar-refractivity contribution in [1.29, 1.82) is 0 Å². The summed E-state index contributed by atoms with van der Waals surface area (Å²) in [7, 11) is -7.43. The molecule has 178 valence electrons. The van der Waals surface area contributed by atoms with E-state index in [1.807, 2.05) is 31.2 Å². The van der Waals surface area contributed by atoms with E-state index in [-0.39, 0.29) is 10.6 Å². The Morgan fingerprint density at radius 2 is 1.71 bits per heavy atom. The van der Waals surface area contributed by atoms with E-state index in [1.165, 1.54) is 24.3 Å². The van der Waals surface area contributed by atoms with Gasteiger partial charge < -0.3 is 0 Å². The molecule has 0 fully saturated rings. The van der Waals surface area contributed by atoms with Gasteiger partial charge in [0.15, 0.2) is 0 Å². The van der Waals surface area contributed by atoms with E-state index < -0.39 is 26.1 Å². The van der Waals surface area contributed by atoms with Crippen molar-refractivity contribution >= 4 is 43.0 Å². The van der Waals surface area contributed by atoms with Crippen LogP contribution in [0.25, 0.3) is 0 Å². The maximum atomic E-state index is 13.6. The summed E-state index contributed by atoms with van der Waals surface area (Å²) in [5.74, 6) is -0.0549. The van der Waals surface area contributed by atoms with Crippen LogP contribution in [0.5, 0.6) is 0 Å². The first kappa shape index (κ1) is 24.3. The first-order chi connectivity index (χ1) is 16.1. The highest BCUT2D eigenvalue weighted by Crippen LogP contribution is 2.38. The molecule has 3 aromatic rings. The first-order valence-electron chi connectivity index (χ1n) is 10.6. The lowest BCUT2D eigenvalue weighted by Crippen LogP contribution is -2.27. The topological polar surface area (TPSA) is 95.9 Å². The van der Waals surface area contributed by atoms with Gasteiger partial charge in [0.25, 0.3) is 10.0 Å². The quantitative estimate of drug-likeness (QED) is 0.479. The molecule has 1 aliphatic rings. The van der Waals surface area contributed by atoms with Crippen LogP contribution in [0.15, 0.2) is 82.8 Å². The third-order valence-electron chi connectivity index (χ3n) is 5.63. The van der Waals surface area contributed by atoms with Gasteiger partial charge in [-0.05, 0) is 66.9 Å². The van der Waals surface area contributed by atoms with Gasteiger partial charge in [-0.3, -0.25) is 4.72 Å². The average Bonchev–Trinajstić information content (AvgIpc) is 3.26. The fourth-order valence-corrected chi connectivity index (χ4v) is 5.99. The first-order valence-corrected chi connectivity index (χ1v) is 14.1. The number of halogens is 1. The number of hydrogen-bond acceptors (Lipinski definition) is 5. The Labute approximate surface area is 205 Å². The van der Waals surface area contributed by atoms with E-state index in [1.54, 1.807) is 31.2 Å². The normalized spacial score (nSPS) is 16.4. The van der Waals surface area contributed by atoms with E-state index in [4.69, 9.17) is 11.6 Å². The second-order valence-electron chi connectivity index (χ2n) is 7.94. The van der Waals surface area contributed by atoms with Crippen LogP contribution in [0.2, 0.25) is 5.02 Å². The van der Waals surface area contributed by atoms with Crippen molar-refractivity contribution in [1.82, 2.24) is 4.41 Å². The molecule has 0 amide bonds. The summed E-state index contributed by atoms with van der Waals surface area (Å²) >= 11 is 5.96. The molecule has 1 heterocycles. The molecular formula is C24H24ClN3O4S2. The van der Waals surface area contributed by atoms with Gasteiger partial charge >= 0.3 is 0 Å². The van der Waals surface area contributed by atoms with E-state index in [9.17, 15) is 16.8 Å². The lowest BCUT2D eigenvalue weighted by molar-refractivity contribution is 0.370. The Hall–Kier alpha value is -2.88. The van der Waals surface area contributed by atoms with Gasteiger partial charge in [-0.2, -0.15) is 17.9 Å². The number of sulfonamides is 2. The van der Waals surface area contributed by atoms with Gasteiger partial charge in [0.05, 0.1) is 22.4 Å². The van der Waals surface area contributed by atoms with E-state index in [0.29, 0.717) is 28.4 Å². The van der Waals surface area contributed by atoms with Crippen molar-refractivity contribution in [3.63, 3.8) is 0 Å². The number of anilines is 1. The van der Waals surface area contributed by atoms with Crippen LogP contribution in [-0.2, 0) is 20.0 Å². The smallest absolute Gasteiger partial charge is 0.279 e. The zero-order valence-electron chi connectivity index (χ0n) is 18.6. The molecule has 0 aromatic heterocycles. The molecule has 0 spiro atoms. The Kier molecular flexibility index (Phi) is 6.71. The summed E-state index contributed by atoms with van der Waals surface area (Å²) in [4.78, 5) is 0.0879. The summed E-state index contributed by atoms with van der Waals surface area (Å²) in [6, 6.07) is 19.8. The minimum absolute atomic E-state index is 0.0549. The summed E-state index contributed by atoms with van der Waals surface area (Å²) in [6.45, 7) is 3.49. The zero-order valence-corrected chi connectivity index (χ0v) is 21.0. The molecule has 0 bridgehead atoms. The van der Waals surface area contributed by atoms with Crippen LogP contribution in [0.1, 0.15) is 36.1 Å². The van der Waals surface area contributed by atoms with E-state index >= 15 is 0 Å². The van der Waals surface area contributed by atoms with Crippen molar-refractivity contribution in [2.75, 3.05) is 10.5 Å². The van der Waals surface area contributed by atoms with Gasteiger partial charge in [-0.25, -0.2) is 8.42 Å². The average molecular weight is 518 g/mol. The minimum atomic E-state index is -3.98. The lowest BCUT2D eigenvalue weighted by Gasteiger charge is -2.24. The maximum Gasteiger partial charge on any atom is 0.279 e. The largest absolute Gasteiger partial charge is 0.284 e. The summed E-state index contributed by atoms with van der Waals surface area (Å²) in [5.41, 5.74) is 3.38. The summed E-state index contributed by atoms with van der Waals surface area (Å²) in [5, 5.41) is 4.97. The van der Waals surface area contributed by atoms with Crippen molar-refractivity contribution in [3.8, 4) is 0 Å². The van der Waals surface area contributed by atoms with Crippen LogP contribution in [0, 0.1) is 6.92 Å². The second kappa shape index (κ2) is 9.40. The molecule has 0 radical (unpaired) electrons. The van der Waals surface area contributed by atoms with E-state index in [2.05, 4.69) is 9.82 Å². The summed E-state index contributed by atoms with van der Waals surface area (Å²) < 4.78 is 54.9. The molecule has 0 unspecified atom stereocenters. The Morgan fingerprint density at radius 3 is 2.38 bits per heavy atom. The second-order valence-corrected chi connectivity index (χ2v) is 12.2. The number of benzene rings is 3. The van der Waals surface area contributed by atoms with Gasteiger partial charge in [0, 0.05) is 17.1 Å². The van der Waals surface area contributed by atoms with Crippen molar-refractivity contribution in [3.05, 3.63) is 94.5 Å². The Bertz CT molecular complexity index is 1450. The molecule has 0 aliphatic carbocycles. The van der Waals surface area contributed by atoms with Gasteiger partial charge in [-0.1, -0.05) is 48.0 Å². The molecule has 0 saturated heterocycles. The highest BCUT2D eigenvalue weighted by atomic mass is 35.5.